The molecule has 0 bridgehead atoms. The first-order valence-electron chi connectivity index (χ1n) is 7.04. The minimum absolute atomic E-state index is 0.0873. The fraction of sp³-hybridized carbons (Fsp3) is 0.467. The monoisotopic (exact) mass is 275 g/mol. The molecule has 0 aromatic heterocycles. The van der Waals surface area contributed by atoms with E-state index >= 15 is 0 Å². The summed E-state index contributed by atoms with van der Waals surface area (Å²) in [7, 11) is 0. The number of amides is 2. The molecule has 3 N–H and O–H groups in total. The Bertz CT molecular complexity index is 471. The summed E-state index contributed by atoms with van der Waals surface area (Å²) in [4.78, 5) is 25.0. The first-order chi connectivity index (χ1) is 9.65. The van der Waals surface area contributed by atoms with E-state index in [4.69, 9.17) is 5.73 Å². The van der Waals surface area contributed by atoms with Crippen LogP contribution in [-0.4, -0.2) is 36.3 Å². The van der Waals surface area contributed by atoms with Gasteiger partial charge in [0.25, 0.3) is 0 Å². The summed E-state index contributed by atoms with van der Waals surface area (Å²) >= 11 is 0. The lowest BCUT2D eigenvalue weighted by atomic mass is 10.1. The molecule has 5 nitrogen and oxygen atoms in total. The van der Waals surface area contributed by atoms with Gasteiger partial charge in [0.15, 0.2) is 0 Å². The number of likely N-dealkylation sites (tertiary alicyclic amines) is 1. The van der Waals surface area contributed by atoms with Crippen LogP contribution in [0.4, 0.5) is 5.69 Å². The largest absolute Gasteiger partial charge is 0.399 e. The third-order valence-corrected chi connectivity index (χ3v) is 3.47. The molecular weight excluding hydrogens is 254 g/mol. The second-order valence-corrected chi connectivity index (χ2v) is 5.11. The molecule has 1 fully saturated rings. The summed E-state index contributed by atoms with van der Waals surface area (Å²) in [5.74, 6) is 0.000583. The predicted octanol–water partition coefficient (Wildman–Crippen LogP) is 0.940. The molecule has 0 atom stereocenters. The zero-order valence-corrected chi connectivity index (χ0v) is 11.6. The van der Waals surface area contributed by atoms with Crippen LogP contribution in [0.1, 0.15) is 24.8 Å². The van der Waals surface area contributed by atoms with Gasteiger partial charge in [-0.3, -0.25) is 9.59 Å². The third kappa shape index (κ3) is 4.26. The van der Waals surface area contributed by atoms with Gasteiger partial charge < -0.3 is 16.0 Å². The molecule has 5 heteroatoms. The highest BCUT2D eigenvalue weighted by atomic mass is 16.2. The fourth-order valence-electron chi connectivity index (χ4n) is 2.29. The molecule has 2 rings (SSSR count). The molecule has 20 heavy (non-hydrogen) atoms. The van der Waals surface area contributed by atoms with E-state index in [0.29, 0.717) is 19.5 Å². The van der Waals surface area contributed by atoms with Gasteiger partial charge in [-0.2, -0.15) is 0 Å². The highest BCUT2D eigenvalue weighted by Gasteiger charge is 2.19. The maximum Gasteiger partial charge on any atom is 0.239 e. The standard InChI is InChI=1S/C15H21N3O2/c16-13-6-4-12(5-7-13)8-9-17-14(19)11-18-10-2-1-3-15(18)20/h4-7H,1-3,8-11,16H2,(H,17,19). The molecule has 1 aliphatic rings. The summed E-state index contributed by atoms with van der Waals surface area (Å²) < 4.78 is 0. The second kappa shape index (κ2) is 6.93. The van der Waals surface area contributed by atoms with Crippen molar-refractivity contribution >= 4 is 17.5 Å². The molecule has 0 unspecified atom stereocenters. The zero-order valence-electron chi connectivity index (χ0n) is 11.6. The Labute approximate surface area is 119 Å². The maximum atomic E-state index is 11.8. The number of rotatable bonds is 5. The molecule has 108 valence electrons. The van der Waals surface area contributed by atoms with Crippen molar-refractivity contribution in [3.63, 3.8) is 0 Å². The normalized spacial score (nSPS) is 15.2. The minimum atomic E-state index is -0.0873. The van der Waals surface area contributed by atoms with Crippen LogP contribution in [0.3, 0.4) is 0 Å². The lowest BCUT2D eigenvalue weighted by Gasteiger charge is -2.25. The van der Waals surface area contributed by atoms with Crippen LogP contribution in [0.15, 0.2) is 24.3 Å². The number of carbonyl (C=O) groups is 2. The van der Waals surface area contributed by atoms with Crippen molar-refractivity contribution < 1.29 is 9.59 Å². The van der Waals surface area contributed by atoms with Gasteiger partial charge >= 0.3 is 0 Å². The fourth-order valence-corrected chi connectivity index (χ4v) is 2.29. The smallest absolute Gasteiger partial charge is 0.239 e. The van der Waals surface area contributed by atoms with Crippen LogP contribution in [0.2, 0.25) is 0 Å². The molecule has 0 aliphatic carbocycles. The van der Waals surface area contributed by atoms with Crippen molar-refractivity contribution in [2.45, 2.75) is 25.7 Å². The highest BCUT2D eigenvalue weighted by Crippen LogP contribution is 2.09. The van der Waals surface area contributed by atoms with Gasteiger partial charge in [-0.25, -0.2) is 0 Å². The summed E-state index contributed by atoms with van der Waals surface area (Å²) in [5, 5.41) is 2.85. The van der Waals surface area contributed by atoms with Crippen molar-refractivity contribution in [3.05, 3.63) is 29.8 Å². The van der Waals surface area contributed by atoms with Crippen LogP contribution in [0.25, 0.3) is 0 Å². The first-order valence-corrected chi connectivity index (χ1v) is 7.04. The lowest BCUT2D eigenvalue weighted by Crippen LogP contribution is -2.43. The predicted molar refractivity (Wildman–Crippen MR) is 78.0 cm³/mol. The average Bonchev–Trinajstić information content (AvgIpc) is 2.44. The molecule has 0 spiro atoms. The molecule has 0 saturated carbocycles. The third-order valence-electron chi connectivity index (χ3n) is 3.47. The summed E-state index contributed by atoms with van der Waals surface area (Å²) in [6.07, 6.45) is 3.26. The number of benzene rings is 1. The Morgan fingerprint density at radius 1 is 1.25 bits per heavy atom. The van der Waals surface area contributed by atoms with Gasteiger partial charge in [-0.05, 0) is 37.0 Å². The molecule has 1 aliphatic heterocycles. The summed E-state index contributed by atoms with van der Waals surface area (Å²) in [6.45, 7) is 1.45. The maximum absolute atomic E-state index is 11.8. The van der Waals surface area contributed by atoms with E-state index in [1.165, 1.54) is 0 Å². The average molecular weight is 275 g/mol. The number of nitrogens with two attached hydrogens (primary N) is 1. The van der Waals surface area contributed by atoms with Gasteiger partial charge in [0.2, 0.25) is 11.8 Å². The van der Waals surface area contributed by atoms with E-state index in [1.54, 1.807) is 4.90 Å². The second-order valence-electron chi connectivity index (χ2n) is 5.11. The van der Waals surface area contributed by atoms with Crippen molar-refractivity contribution in [1.82, 2.24) is 10.2 Å². The van der Waals surface area contributed by atoms with E-state index in [9.17, 15) is 9.59 Å². The van der Waals surface area contributed by atoms with Gasteiger partial charge in [0, 0.05) is 25.2 Å². The Morgan fingerprint density at radius 3 is 2.70 bits per heavy atom. The van der Waals surface area contributed by atoms with Crippen molar-refractivity contribution in [2.75, 3.05) is 25.4 Å². The highest BCUT2D eigenvalue weighted by molar-refractivity contribution is 5.85. The first kappa shape index (κ1) is 14.4. The lowest BCUT2D eigenvalue weighted by molar-refractivity contribution is -0.137. The minimum Gasteiger partial charge on any atom is -0.399 e. The zero-order chi connectivity index (χ0) is 14.4. The number of hydrogen-bond donors (Lipinski definition) is 2. The summed E-state index contributed by atoms with van der Waals surface area (Å²) in [5.41, 5.74) is 7.48. The number of nitrogens with one attached hydrogen (secondary N) is 1. The van der Waals surface area contributed by atoms with E-state index in [0.717, 1.165) is 30.5 Å². The van der Waals surface area contributed by atoms with E-state index < -0.39 is 0 Å². The molecule has 1 aromatic carbocycles. The number of piperidine rings is 1. The Hall–Kier alpha value is -2.04. The van der Waals surface area contributed by atoms with E-state index in [2.05, 4.69) is 5.32 Å². The van der Waals surface area contributed by atoms with Gasteiger partial charge in [-0.1, -0.05) is 12.1 Å². The Morgan fingerprint density at radius 2 is 2.00 bits per heavy atom. The number of hydrogen-bond acceptors (Lipinski definition) is 3. The molecule has 1 heterocycles. The molecular formula is C15H21N3O2. The molecule has 2 amide bonds. The van der Waals surface area contributed by atoms with Crippen molar-refractivity contribution in [3.8, 4) is 0 Å². The quantitative estimate of drug-likeness (QED) is 0.785. The van der Waals surface area contributed by atoms with Crippen LogP contribution in [0.5, 0.6) is 0 Å². The van der Waals surface area contributed by atoms with Crippen LogP contribution < -0.4 is 11.1 Å². The number of carbonyl (C=O) groups excluding carboxylic acids is 2. The van der Waals surface area contributed by atoms with Crippen LogP contribution in [0, 0.1) is 0 Å². The Kier molecular flexibility index (Phi) is 4.98. The van der Waals surface area contributed by atoms with E-state index in [-0.39, 0.29) is 18.4 Å². The number of nitrogens with zero attached hydrogens (tertiary/aromatic N) is 1. The SMILES string of the molecule is Nc1ccc(CCNC(=O)CN2CCCCC2=O)cc1. The summed E-state index contributed by atoms with van der Waals surface area (Å²) in [6, 6.07) is 7.61. The number of anilines is 1. The molecule has 1 aromatic rings. The van der Waals surface area contributed by atoms with Gasteiger partial charge in [0.1, 0.15) is 0 Å². The Balaban J connectivity index is 1.69. The molecule has 1 saturated heterocycles. The molecule has 0 radical (unpaired) electrons. The van der Waals surface area contributed by atoms with Gasteiger partial charge in [0.05, 0.1) is 6.54 Å². The topological polar surface area (TPSA) is 75.4 Å². The van der Waals surface area contributed by atoms with Crippen molar-refractivity contribution in [1.29, 1.82) is 0 Å². The van der Waals surface area contributed by atoms with E-state index in [1.807, 2.05) is 24.3 Å². The van der Waals surface area contributed by atoms with Gasteiger partial charge in [-0.15, -0.1) is 0 Å². The van der Waals surface area contributed by atoms with Crippen molar-refractivity contribution in [2.24, 2.45) is 0 Å². The van der Waals surface area contributed by atoms with Crippen LogP contribution in [-0.2, 0) is 16.0 Å². The van der Waals surface area contributed by atoms with Crippen LogP contribution >= 0.6 is 0 Å². The number of nitrogen functional groups attached to an aromatic ring is 1.